The van der Waals surface area contributed by atoms with Gasteiger partial charge in [0.2, 0.25) is 5.88 Å². The summed E-state index contributed by atoms with van der Waals surface area (Å²) in [5.74, 6) is -1.99. The average molecular weight is 510 g/mol. The largest absolute Gasteiger partial charge is 0.472 e. The Morgan fingerprint density at radius 3 is 2.57 bits per heavy atom. The second-order valence-corrected chi connectivity index (χ2v) is 9.37. The molecule has 2 heterocycles. The van der Waals surface area contributed by atoms with E-state index in [1.165, 1.54) is 41.4 Å². The Balaban J connectivity index is 1.68. The molecule has 3 aromatic rings. The van der Waals surface area contributed by atoms with Gasteiger partial charge in [-0.1, -0.05) is 31.2 Å². The quantitative estimate of drug-likeness (QED) is 0.543. The van der Waals surface area contributed by atoms with Crippen LogP contribution in [0, 0.1) is 17.6 Å². The Bertz CT molecular complexity index is 1280. The molecule has 4 rings (SSSR count). The van der Waals surface area contributed by atoms with Crippen molar-refractivity contribution < 1.29 is 28.2 Å². The van der Waals surface area contributed by atoms with Crippen LogP contribution >= 0.6 is 0 Å². The molecule has 37 heavy (non-hydrogen) atoms. The van der Waals surface area contributed by atoms with Gasteiger partial charge >= 0.3 is 0 Å². The maximum Gasteiger partial charge on any atom is 0.259 e. The van der Waals surface area contributed by atoms with Gasteiger partial charge in [0.15, 0.2) is 0 Å². The molecule has 194 valence electrons. The fraction of sp³-hybridized carbons (Fsp3) is 0.321. The molecule has 7 nitrogen and oxygen atoms in total. The van der Waals surface area contributed by atoms with Gasteiger partial charge < -0.3 is 19.6 Å². The number of fused-ring (bicyclic) bond motifs is 1. The number of aliphatic hydroxyl groups excluding tert-OH is 1. The predicted molar refractivity (Wildman–Crippen MR) is 134 cm³/mol. The van der Waals surface area contributed by atoms with Crippen LogP contribution in [0.5, 0.6) is 5.88 Å². The van der Waals surface area contributed by atoms with E-state index in [2.05, 4.69) is 4.98 Å². The maximum atomic E-state index is 14.2. The number of aromatic nitrogens is 1. The van der Waals surface area contributed by atoms with Gasteiger partial charge in [0.05, 0.1) is 24.8 Å². The SMILES string of the molecule is C[C@@H]1CN([C@@H](C)CO)C(=O)c2cc(-c3ccc(F)cc3)cnc2O[C@H]1CN(C)C(=O)c1ccccc1F. The molecule has 1 aliphatic heterocycles. The zero-order valence-electron chi connectivity index (χ0n) is 20.9. The molecule has 0 aliphatic carbocycles. The molecule has 0 spiro atoms. The Kier molecular flexibility index (Phi) is 7.83. The number of aliphatic hydroxyl groups is 1. The number of carbonyl (C=O) groups excluding carboxylic acids is 2. The first kappa shape index (κ1) is 26.2. The van der Waals surface area contributed by atoms with E-state index in [1.54, 1.807) is 43.1 Å². The van der Waals surface area contributed by atoms with Crippen molar-refractivity contribution in [2.75, 3.05) is 26.7 Å². The van der Waals surface area contributed by atoms with Gasteiger partial charge in [-0.15, -0.1) is 0 Å². The Hall–Kier alpha value is -3.85. The Morgan fingerprint density at radius 2 is 1.89 bits per heavy atom. The molecule has 0 saturated heterocycles. The normalized spacial score (nSPS) is 18.3. The molecule has 1 N–H and O–H groups in total. The van der Waals surface area contributed by atoms with Gasteiger partial charge in [-0.2, -0.15) is 0 Å². The number of carbonyl (C=O) groups is 2. The zero-order valence-corrected chi connectivity index (χ0v) is 20.9. The van der Waals surface area contributed by atoms with E-state index in [9.17, 15) is 23.5 Å². The van der Waals surface area contributed by atoms with E-state index >= 15 is 0 Å². The smallest absolute Gasteiger partial charge is 0.259 e. The summed E-state index contributed by atoms with van der Waals surface area (Å²) in [7, 11) is 1.56. The molecule has 0 radical (unpaired) electrons. The van der Waals surface area contributed by atoms with E-state index in [0.29, 0.717) is 11.1 Å². The molecule has 0 saturated carbocycles. The van der Waals surface area contributed by atoms with Crippen molar-refractivity contribution in [1.29, 1.82) is 0 Å². The second kappa shape index (κ2) is 11.0. The molecule has 1 aromatic heterocycles. The van der Waals surface area contributed by atoms with Crippen LogP contribution in [0.2, 0.25) is 0 Å². The highest BCUT2D eigenvalue weighted by molar-refractivity contribution is 5.98. The van der Waals surface area contributed by atoms with Crippen molar-refractivity contribution in [3.63, 3.8) is 0 Å². The average Bonchev–Trinajstić information content (AvgIpc) is 2.90. The van der Waals surface area contributed by atoms with E-state index in [0.717, 1.165) is 0 Å². The second-order valence-electron chi connectivity index (χ2n) is 9.37. The van der Waals surface area contributed by atoms with Crippen molar-refractivity contribution in [2.24, 2.45) is 5.92 Å². The zero-order chi connectivity index (χ0) is 26.7. The third-order valence-corrected chi connectivity index (χ3v) is 6.60. The van der Waals surface area contributed by atoms with E-state index in [4.69, 9.17) is 4.74 Å². The van der Waals surface area contributed by atoms with E-state index in [1.807, 2.05) is 6.92 Å². The van der Waals surface area contributed by atoms with Gasteiger partial charge in [0.25, 0.3) is 11.8 Å². The number of halogens is 2. The van der Waals surface area contributed by atoms with Crippen LogP contribution in [0.1, 0.15) is 34.6 Å². The van der Waals surface area contributed by atoms with Crippen molar-refractivity contribution in [1.82, 2.24) is 14.8 Å². The number of ether oxygens (including phenoxy) is 1. The molecule has 2 amide bonds. The molecule has 3 atom stereocenters. The van der Waals surface area contributed by atoms with Gasteiger partial charge in [-0.3, -0.25) is 9.59 Å². The molecule has 2 aromatic carbocycles. The summed E-state index contributed by atoms with van der Waals surface area (Å²) in [4.78, 5) is 33.9. The number of rotatable bonds is 6. The lowest BCUT2D eigenvalue weighted by molar-refractivity contribution is 0.0312. The lowest BCUT2D eigenvalue weighted by atomic mass is 9.99. The highest BCUT2D eigenvalue weighted by Crippen LogP contribution is 2.30. The van der Waals surface area contributed by atoms with Crippen LogP contribution in [-0.4, -0.2) is 70.6 Å². The number of nitrogens with zero attached hydrogens (tertiary/aromatic N) is 3. The molecule has 0 fully saturated rings. The first-order valence-electron chi connectivity index (χ1n) is 12.0. The summed E-state index contributed by atoms with van der Waals surface area (Å²) < 4.78 is 33.8. The van der Waals surface area contributed by atoms with Crippen LogP contribution in [-0.2, 0) is 0 Å². The highest BCUT2D eigenvalue weighted by Gasteiger charge is 2.35. The van der Waals surface area contributed by atoms with Gasteiger partial charge in [-0.05, 0) is 42.8 Å². The molecule has 0 bridgehead atoms. The molecular formula is C28H29F2N3O4. The van der Waals surface area contributed by atoms with Crippen molar-refractivity contribution in [3.05, 3.63) is 83.6 Å². The standard InChI is InChI=1S/C28H29F2N3O4/c1-17-14-33(18(2)16-34)28(36)23-12-20(19-8-10-21(29)11-9-19)13-31-26(23)37-25(17)15-32(3)27(35)22-6-4-5-7-24(22)30/h4-13,17-18,25,34H,14-16H2,1-3H3/t17-,18+,25+/m1/s1. The van der Waals surface area contributed by atoms with Gasteiger partial charge in [-0.25, -0.2) is 13.8 Å². The number of hydrogen-bond acceptors (Lipinski definition) is 5. The number of pyridine rings is 1. The summed E-state index contributed by atoms with van der Waals surface area (Å²) in [5.41, 5.74) is 1.43. The fourth-order valence-electron chi connectivity index (χ4n) is 4.31. The van der Waals surface area contributed by atoms with Crippen LogP contribution in [0.4, 0.5) is 8.78 Å². The lowest BCUT2D eigenvalue weighted by Crippen LogP contribution is -2.50. The first-order chi connectivity index (χ1) is 17.7. The highest BCUT2D eigenvalue weighted by atomic mass is 19.1. The number of likely N-dealkylation sites (N-methyl/N-ethyl adjacent to an activating group) is 1. The van der Waals surface area contributed by atoms with Gasteiger partial charge in [0.1, 0.15) is 23.3 Å². The van der Waals surface area contributed by atoms with Crippen LogP contribution in [0.15, 0.2) is 60.8 Å². The molecule has 9 heteroatoms. The van der Waals surface area contributed by atoms with E-state index in [-0.39, 0.29) is 54.3 Å². The third kappa shape index (κ3) is 5.61. The summed E-state index contributed by atoms with van der Waals surface area (Å²) in [5, 5.41) is 9.83. The van der Waals surface area contributed by atoms with E-state index < -0.39 is 23.9 Å². The van der Waals surface area contributed by atoms with Crippen LogP contribution in [0.3, 0.4) is 0 Å². The summed E-state index contributed by atoms with van der Waals surface area (Å²) >= 11 is 0. The minimum atomic E-state index is -0.611. The number of hydrogen-bond donors (Lipinski definition) is 1. The van der Waals surface area contributed by atoms with Crippen molar-refractivity contribution in [2.45, 2.75) is 26.0 Å². The minimum Gasteiger partial charge on any atom is -0.472 e. The Labute approximate surface area is 214 Å². The van der Waals surface area contributed by atoms with Gasteiger partial charge in [0, 0.05) is 31.3 Å². The minimum absolute atomic E-state index is 0.0448. The van der Waals surface area contributed by atoms with Crippen LogP contribution < -0.4 is 4.74 Å². The Morgan fingerprint density at radius 1 is 1.19 bits per heavy atom. The predicted octanol–water partition coefficient (Wildman–Crippen LogP) is 4.02. The summed E-state index contributed by atoms with van der Waals surface area (Å²) in [6.45, 7) is 3.76. The topological polar surface area (TPSA) is 83.0 Å². The lowest BCUT2D eigenvalue weighted by Gasteiger charge is -2.37. The fourth-order valence-corrected chi connectivity index (χ4v) is 4.31. The first-order valence-corrected chi connectivity index (χ1v) is 12.0. The third-order valence-electron chi connectivity index (χ3n) is 6.60. The van der Waals surface area contributed by atoms with Crippen LogP contribution in [0.25, 0.3) is 11.1 Å². The van der Waals surface area contributed by atoms with Crippen molar-refractivity contribution >= 4 is 11.8 Å². The monoisotopic (exact) mass is 509 g/mol. The maximum absolute atomic E-state index is 14.2. The number of amides is 2. The number of benzene rings is 2. The molecule has 1 aliphatic rings. The van der Waals surface area contributed by atoms with Crippen molar-refractivity contribution in [3.8, 4) is 17.0 Å². The molecule has 0 unspecified atom stereocenters. The summed E-state index contributed by atoms with van der Waals surface area (Å²) in [6.07, 6.45) is 0.960. The summed E-state index contributed by atoms with van der Waals surface area (Å²) in [6, 6.07) is 12.8. The molecular weight excluding hydrogens is 480 g/mol.